The number of likely N-dealkylation sites (N-methyl/N-ethyl adjacent to an activating group) is 1. The fraction of sp³-hybridized carbons (Fsp3) is 0.462. The molecule has 4 heteroatoms. The summed E-state index contributed by atoms with van der Waals surface area (Å²) < 4.78 is 0.952. The number of hydrogen-bond donors (Lipinski definition) is 1. The molecular formula is C13H18BrNO2. The summed E-state index contributed by atoms with van der Waals surface area (Å²) in [4.78, 5) is 13.6. The Hall–Kier alpha value is -0.870. The van der Waals surface area contributed by atoms with Gasteiger partial charge in [-0.15, -0.1) is 0 Å². The molecule has 1 atom stereocenters. The molecule has 0 radical (unpaired) electrons. The summed E-state index contributed by atoms with van der Waals surface area (Å²) in [5, 5.41) is 9.53. The highest BCUT2D eigenvalue weighted by Crippen LogP contribution is 2.29. The van der Waals surface area contributed by atoms with E-state index in [0.717, 1.165) is 10.0 Å². The molecule has 0 heterocycles. The minimum absolute atomic E-state index is 0.704. The number of aliphatic carboxylic acids is 1. The van der Waals surface area contributed by atoms with Crippen molar-refractivity contribution < 1.29 is 9.90 Å². The summed E-state index contributed by atoms with van der Waals surface area (Å²) in [6.45, 7) is 7.11. The van der Waals surface area contributed by atoms with E-state index < -0.39 is 11.5 Å². The van der Waals surface area contributed by atoms with E-state index in [1.54, 1.807) is 6.92 Å². The van der Waals surface area contributed by atoms with Gasteiger partial charge in [0, 0.05) is 4.47 Å². The van der Waals surface area contributed by atoms with E-state index in [0.29, 0.717) is 13.1 Å². The van der Waals surface area contributed by atoms with E-state index >= 15 is 0 Å². The third-order valence-electron chi connectivity index (χ3n) is 3.22. The molecule has 1 rings (SSSR count). The molecule has 0 bridgehead atoms. The predicted octanol–water partition coefficient (Wildman–Crippen LogP) is 3.09. The highest BCUT2D eigenvalue weighted by molar-refractivity contribution is 9.10. The Labute approximate surface area is 111 Å². The van der Waals surface area contributed by atoms with Crippen LogP contribution in [-0.2, 0) is 10.3 Å². The highest BCUT2D eigenvalue weighted by atomic mass is 79.9. The van der Waals surface area contributed by atoms with Gasteiger partial charge < -0.3 is 5.11 Å². The van der Waals surface area contributed by atoms with Gasteiger partial charge in [0.15, 0.2) is 0 Å². The van der Waals surface area contributed by atoms with Crippen LogP contribution in [-0.4, -0.2) is 29.1 Å². The Morgan fingerprint density at radius 3 is 2.12 bits per heavy atom. The van der Waals surface area contributed by atoms with Crippen LogP contribution >= 0.6 is 15.9 Å². The first-order valence-electron chi connectivity index (χ1n) is 5.71. The maximum atomic E-state index is 11.6. The van der Waals surface area contributed by atoms with E-state index in [1.807, 2.05) is 43.0 Å². The molecule has 1 N–H and O–H groups in total. The van der Waals surface area contributed by atoms with Crippen molar-refractivity contribution in [1.29, 1.82) is 0 Å². The molecule has 1 unspecified atom stereocenters. The third kappa shape index (κ3) is 2.69. The van der Waals surface area contributed by atoms with Gasteiger partial charge in [0.05, 0.1) is 0 Å². The van der Waals surface area contributed by atoms with Crippen molar-refractivity contribution >= 4 is 21.9 Å². The number of benzene rings is 1. The lowest BCUT2D eigenvalue weighted by molar-refractivity contribution is -0.151. The standard InChI is InChI=1S/C13H18BrNO2/c1-4-15(5-2)13(3,12(16)17)10-6-8-11(14)9-7-10/h6-9H,4-5H2,1-3H3,(H,16,17). The molecule has 0 amide bonds. The maximum absolute atomic E-state index is 11.6. The second-order valence-electron chi connectivity index (χ2n) is 4.06. The van der Waals surface area contributed by atoms with Crippen LogP contribution in [0.2, 0.25) is 0 Å². The summed E-state index contributed by atoms with van der Waals surface area (Å²) in [7, 11) is 0. The molecule has 0 aliphatic carbocycles. The molecule has 0 aliphatic heterocycles. The molecule has 0 aromatic heterocycles. The smallest absolute Gasteiger partial charge is 0.328 e. The number of rotatable bonds is 5. The van der Waals surface area contributed by atoms with Gasteiger partial charge in [-0.25, -0.2) is 4.79 Å². The summed E-state index contributed by atoms with van der Waals surface area (Å²) in [6.07, 6.45) is 0. The molecule has 0 aliphatic rings. The zero-order chi connectivity index (χ0) is 13.1. The van der Waals surface area contributed by atoms with Crippen molar-refractivity contribution in [3.8, 4) is 0 Å². The van der Waals surface area contributed by atoms with E-state index in [2.05, 4.69) is 15.9 Å². The Morgan fingerprint density at radius 1 is 1.29 bits per heavy atom. The molecular weight excluding hydrogens is 282 g/mol. The van der Waals surface area contributed by atoms with E-state index in [9.17, 15) is 9.90 Å². The fourth-order valence-electron chi connectivity index (χ4n) is 2.07. The number of hydrogen-bond acceptors (Lipinski definition) is 2. The van der Waals surface area contributed by atoms with E-state index in [-0.39, 0.29) is 0 Å². The van der Waals surface area contributed by atoms with Crippen LogP contribution in [0.1, 0.15) is 26.3 Å². The predicted molar refractivity (Wildman–Crippen MR) is 72.1 cm³/mol. The van der Waals surface area contributed by atoms with Crippen molar-refractivity contribution in [3.05, 3.63) is 34.3 Å². The highest BCUT2D eigenvalue weighted by Gasteiger charge is 2.39. The van der Waals surface area contributed by atoms with Crippen molar-refractivity contribution in [1.82, 2.24) is 4.90 Å². The summed E-state index contributed by atoms with van der Waals surface area (Å²) in [6, 6.07) is 7.47. The molecule has 3 nitrogen and oxygen atoms in total. The second kappa shape index (κ2) is 5.65. The first-order valence-corrected chi connectivity index (χ1v) is 6.50. The van der Waals surface area contributed by atoms with Gasteiger partial charge >= 0.3 is 5.97 Å². The molecule has 94 valence electrons. The molecule has 0 saturated heterocycles. The topological polar surface area (TPSA) is 40.5 Å². The van der Waals surface area contributed by atoms with Gasteiger partial charge in [-0.05, 0) is 37.7 Å². The Balaban J connectivity index is 3.24. The monoisotopic (exact) mass is 299 g/mol. The Bertz CT molecular complexity index is 387. The average molecular weight is 300 g/mol. The molecule has 0 fully saturated rings. The van der Waals surface area contributed by atoms with Crippen molar-refractivity contribution in [2.45, 2.75) is 26.3 Å². The second-order valence-corrected chi connectivity index (χ2v) is 4.97. The van der Waals surface area contributed by atoms with E-state index in [4.69, 9.17) is 0 Å². The zero-order valence-electron chi connectivity index (χ0n) is 10.4. The number of carboxylic acid groups (broad SMARTS) is 1. The van der Waals surface area contributed by atoms with Crippen LogP contribution in [0.15, 0.2) is 28.7 Å². The lowest BCUT2D eigenvalue weighted by Crippen LogP contribution is -2.49. The summed E-state index contributed by atoms with van der Waals surface area (Å²) in [5.41, 5.74) is -0.165. The van der Waals surface area contributed by atoms with Gasteiger partial charge in [-0.2, -0.15) is 0 Å². The van der Waals surface area contributed by atoms with E-state index in [1.165, 1.54) is 0 Å². The summed E-state index contributed by atoms with van der Waals surface area (Å²) >= 11 is 3.36. The molecule has 1 aromatic carbocycles. The van der Waals surface area contributed by atoms with Crippen molar-refractivity contribution in [2.24, 2.45) is 0 Å². The van der Waals surface area contributed by atoms with Crippen LogP contribution in [0, 0.1) is 0 Å². The molecule has 1 aromatic rings. The van der Waals surface area contributed by atoms with Gasteiger partial charge in [0.25, 0.3) is 0 Å². The Morgan fingerprint density at radius 2 is 1.76 bits per heavy atom. The Kier molecular flexibility index (Phi) is 4.71. The average Bonchev–Trinajstić information content (AvgIpc) is 2.30. The first-order chi connectivity index (χ1) is 7.96. The van der Waals surface area contributed by atoms with Gasteiger partial charge in [-0.1, -0.05) is 41.9 Å². The molecule has 0 spiro atoms. The van der Waals surface area contributed by atoms with Crippen LogP contribution < -0.4 is 0 Å². The lowest BCUT2D eigenvalue weighted by atomic mass is 9.90. The van der Waals surface area contributed by atoms with Crippen LogP contribution in [0.5, 0.6) is 0 Å². The quantitative estimate of drug-likeness (QED) is 0.908. The maximum Gasteiger partial charge on any atom is 0.328 e. The molecule has 17 heavy (non-hydrogen) atoms. The lowest BCUT2D eigenvalue weighted by Gasteiger charge is -2.37. The minimum atomic E-state index is -0.968. The summed E-state index contributed by atoms with van der Waals surface area (Å²) in [5.74, 6) is -0.816. The van der Waals surface area contributed by atoms with Crippen LogP contribution in [0.25, 0.3) is 0 Å². The molecule has 0 saturated carbocycles. The third-order valence-corrected chi connectivity index (χ3v) is 3.75. The number of carboxylic acids is 1. The van der Waals surface area contributed by atoms with Gasteiger partial charge in [0.2, 0.25) is 0 Å². The number of halogens is 1. The van der Waals surface area contributed by atoms with Crippen molar-refractivity contribution in [3.63, 3.8) is 0 Å². The number of carbonyl (C=O) groups is 1. The minimum Gasteiger partial charge on any atom is -0.480 e. The fourth-order valence-corrected chi connectivity index (χ4v) is 2.34. The van der Waals surface area contributed by atoms with Gasteiger partial charge in [-0.3, -0.25) is 4.90 Å². The van der Waals surface area contributed by atoms with Gasteiger partial charge in [0.1, 0.15) is 5.54 Å². The number of nitrogens with zero attached hydrogens (tertiary/aromatic N) is 1. The van der Waals surface area contributed by atoms with Crippen molar-refractivity contribution in [2.75, 3.05) is 13.1 Å². The van der Waals surface area contributed by atoms with Crippen LogP contribution in [0.4, 0.5) is 0 Å². The SMILES string of the molecule is CCN(CC)C(C)(C(=O)O)c1ccc(Br)cc1. The normalized spacial score (nSPS) is 14.6. The largest absolute Gasteiger partial charge is 0.480 e. The van der Waals surface area contributed by atoms with Crippen LogP contribution in [0.3, 0.4) is 0 Å². The first kappa shape index (κ1) is 14.2. The zero-order valence-corrected chi connectivity index (χ0v) is 12.0.